The van der Waals surface area contributed by atoms with Crippen molar-refractivity contribution in [3.8, 4) is 0 Å². The Kier molecular flexibility index (Phi) is 1.88. The van der Waals surface area contributed by atoms with Crippen LogP contribution in [0, 0.1) is 7.05 Å². The fraction of sp³-hybridized carbons (Fsp3) is 0.429. The van der Waals surface area contributed by atoms with Gasteiger partial charge in [0.05, 0.1) is 12.7 Å². The first-order valence-electron chi connectivity index (χ1n) is 3.18. The molecule has 0 amide bonds. The maximum Gasteiger partial charge on any atom is 0.0624 e. The number of rotatable bonds is 2. The van der Waals surface area contributed by atoms with Gasteiger partial charge in [-0.05, 0) is 12.5 Å². The van der Waals surface area contributed by atoms with Crippen LogP contribution >= 0.6 is 0 Å². The van der Waals surface area contributed by atoms with Crippen molar-refractivity contribution in [3.05, 3.63) is 25.0 Å². The van der Waals surface area contributed by atoms with E-state index in [2.05, 4.69) is 19.1 Å². The molecular weight excluding hydrogens is 112 g/mol. The van der Waals surface area contributed by atoms with Crippen molar-refractivity contribution in [2.75, 3.05) is 0 Å². The zero-order valence-electron chi connectivity index (χ0n) is 5.67. The molecule has 2 nitrogen and oxygen atoms in total. The summed E-state index contributed by atoms with van der Waals surface area (Å²) in [4.78, 5) is 0. The Balaban J connectivity index is 2.61. The topological polar surface area (TPSA) is 17.8 Å². The monoisotopic (exact) mass is 123 g/mol. The molecule has 1 rings (SSSR count). The highest BCUT2D eigenvalue weighted by Gasteiger charge is 1.91. The van der Waals surface area contributed by atoms with Crippen molar-refractivity contribution in [1.82, 2.24) is 9.78 Å². The van der Waals surface area contributed by atoms with Crippen LogP contribution in [0.5, 0.6) is 0 Å². The van der Waals surface area contributed by atoms with Crippen LogP contribution in [0.25, 0.3) is 0 Å². The molecule has 0 bridgehead atoms. The van der Waals surface area contributed by atoms with Crippen LogP contribution in [-0.2, 0) is 6.42 Å². The van der Waals surface area contributed by atoms with Gasteiger partial charge in [0, 0.05) is 6.20 Å². The molecule has 1 aromatic rings. The number of nitrogens with zero attached hydrogens (tertiary/aromatic N) is 2. The zero-order chi connectivity index (χ0) is 6.69. The van der Waals surface area contributed by atoms with E-state index in [1.807, 2.05) is 12.3 Å². The average Bonchev–Trinajstić information content (AvgIpc) is 2.17. The minimum atomic E-state index is 1.06. The van der Waals surface area contributed by atoms with E-state index < -0.39 is 0 Å². The maximum absolute atomic E-state index is 4.11. The van der Waals surface area contributed by atoms with Gasteiger partial charge >= 0.3 is 0 Å². The van der Waals surface area contributed by atoms with Crippen LogP contribution < -0.4 is 0 Å². The number of aryl methyl sites for hydroxylation is 1. The third kappa shape index (κ3) is 1.56. The van der Waals surface area contributed by atoms with Gasteiger partial charge in [-0.25, -0.2) is 0 Å². The molecule has 0 aromatic carbocycles. The second-order valence-corrected chi connectivity index (χ2v) is 2.10. The van der Waals surface area contributed by atoms with E-state index in [-0.39, 0.29) is 0 Å². The Bertz CT molecular complexity index is 179. The van der Waals surface area contributed by atoms with Gasteiger partial charge in [0.25, 0.3) is 0 Å². The van der Waals surface area contributed by atoms with E-state index in [1.165, 1.54) is 0 Å². The molecule has 0 fully saturated rings. The summed E-state index contributed by atoms with van der Waals surface area (Å²) in [6, 6.07) is 2.00. The van der Waals surface area contributed by atoms with E-state index in [9.17, 15) is 0 Å². The smallest absolute Gasteiger partial charge is 0.0624 e. The minimum Gasteiger partial charge on any atom is -0.271 e. The van der Waals surface area contributed by atoms with Gasteiger partial charge in [-0.2, -0.15) is 5.10 Å². The highest BCUT2D eigenvalue weighted by Crippen LogP contribution is 1.97. The van der Waals surface area contributed by atoms with Crippen molar-refractivity contribution in [3.63, 3.8) is 0 Å². The van der Waals surface area contributed by atoms with Crippen LogP contribution in [0.1, 0.15) is 19.0 Å². The highest BCUT2D eigenvalue weighted by atomic mass is 15.2. The van der Waals surface area contributed by atoms with E-state index in [4.69, 9.17) is 0 Å². The van der Waals surface area contributed by atoms with Gasteiger partial charge < -0.3 is 0 Å². The van der Waals surface area contributed by atoms with Gasteiger partial charge in [-0.3, -0.25) is 4.68 Å². The number of hydrogen-bond acceptors (Lipinski definition) is 1. The van der Waals surface area contributed by atoms with Crippen molar-refractivity contribution in [2.45, 2.75) is 19.8 Å². The molecule has 1 radical (unpaired) electrons. The summed E-state index contributed by atoms with van der Waals surface area (Å²) in [6.45, 7) is 2.14. The predicted molar refractivity (Wildman–Crippen MR) is 37.0 cm³/mol. The molecule has 0 unspecified atom stereocenters. The van der Waals surface area contributed by atoms with Crippen LogP contribution in [0.2, 0.25) is 0 Å². The fourth-order valence-corrected chi connectivity index (χ4v) is 0.793. The molecule has 0 saturated carbocycles. The molecule has 0 aliphatic carbocycles. The fourth-order valence-electron chi connectivity index (χ4n) is 0.793. The van der Waals surface area contributed by atoms with Gasteiger partial charge in [0.1, 0.15) is 0 Å². The summed E-state index contributed by atoms with van der Waals surface area (Å²) < 4.78 is 1.59. The van der Waals surface area contributed by atoms with E-state index in [0.29, 0.717) is 0 Å². The van der Waals surface area contributed by atoms with Gasteiger partial charge in [-0.15, -0.1) is 0 Å². The molecule has 2 heteroatoms. The highest BCUT2D eigenvalue weighted by molar-refractivity contribution is 4.98. The van der Waals surface area contributed by atoms with E-state index in [1.54, 1.807) is 4.68 Å². The standard InChI is InChI=1S/C7H11N2/c1-3-4-7-5-6-9(2)8-7/h5-6H,2-4H2,1H3. The quantitative estimate of drug-likeness (QED) is 0.582. The number of aromatic nitrogens is 2. The third-order valence-electron chi connectivity index (χ3n) is 1.20. The largest absolute Gasteiger partial charge is 0.271 e. The van der Waals surface area contributed by atoms with Crippen LogP contribution in [0.3, 0.4) is 0 Å². The molecule has 9 heavy (non-hydrogen) atoms. The lowest BCUT2D eigenvalue weighted by atomic mass is 10.3. The zero-order valence-corrected chi connectivity index (χ0v) is 5.67. The van der Waals surface area contributed by atoms with E-state index in [0.717, 1.165) is 18.5 Å². The first-order valence-corrected chi connectivity index (χ1v) is 3.18. The minimum absolute atomic E-state index is 1.06. The SMILES string of the molecule is [CH2]n1ccc(CCC)n1. The first kappa shape index (κ1) is 6.33. The molecule has 0 saturated heterocycles. The second kappa shape index (κ2) is 2.67. The molecule has 0 aliphatic rings. The average molecular weight is 123 g/mol. The molecule has 0 spiro atoms. The van der Waals surface area contributed by atoms with Crippen LogP contribution in [0.4, 0.5) is 0 Å². The summed E-state index contributed by atoms with van der Waals surface area (Å²) in [6.07, 6.45) is 4.07. The maximum atomic E-state index is 4.11. The van der Waals surface area contributed by atoms with Gasteiger partial charge in [-0.1, -0.05) is 13.3 Å². The third-order valence-corrected chi connectivity index (χ3v) is 1.20. The molecule has 1 aromatic heterocycles. The van der Waals surface area contributed by atoms with Gasteiger partial charge in [0.15, 0.2) is 0 Å². The molecular formula is C7H11N2. The summed E-state index contributed by atoms with van der Waals surface area (Å²) in [5.41, 5.74) is 1.13. The summed E-state index contributed by atoms with van der Waals surface area (Å²) in [5, 5.41) is 4.11. The van der Waals surface area contributed by atoms with Crippen LogP contribution in [-0.4, -0.2) is 9.78 Å². The van der Waals surface area contributed by atoms with Gasteiger partial charge in [0.2, 0.25) is 0 Å². The van der Waals surface area contributed by atoms with Crippen molar-refractivity contribution >= 4 is 0 Å². The lowest BCUT2D eigenvalue weighted by Crippen LogP contribution is -1.88. The normalized spacial score (nSPS) is 10.0. The van der Waals surface area contributed by atoms with E-state index >= 15 is 0 Å². The second-order valence-electron chi connectivity index (χ2n) is 2.10. The Labute approximate surface area is 55.5 Å². The predicted octanol–water partition coefficient (Wildman–Crippen LogP) is 1.48. The summed E-state index contributed by atoms with van der Waals surface area (Å²) >= 11 is 0. The molecule has 49 valence electrons. The van der Waals surface area contributed by atoms with Crippen molar-refractivity contribution in [2.24, 2.45) is 0 Å². The lowest BCUT2D eigenvalue weighted by molar-refractivity contribution is 0.804. The lowest BCUT2D eigenvalue weighted by Gasteiger charge is -1.87. The Hall–Kier alpha value is -0.790. The summed E-state index contributed by atoms with van der Waals surface area (Å²) in [7, 11) is 3.63. The van der Waals surface area contributed by atoms with Crippen molar-refractivity contribution in [1.29, 1.82) is 0 Å². The Morgan fingerprint density at radius 3 is 3.00 bits per heavy atom. The molecule has 1 heterocycles. The number of hydrogen-bond donors (Lipinski definition) is 0. The van der Waals surface area contributed by atoms with Crippen LogP contribution in [0.15, 0.2) is 12.3 Å². The Morgan fingerprint density at radius 2 is 2.56 bits per heavy atom. The summed E-state index contributed by atoms with van der Waals surface area (Å²) in [5.74, 6) is 0. The molecule has 0 aliphatic heterocycles. The Morgan fingerprint density at radius 1 is 1.78 bits per heavy atom. The molecule has 0 atom stereocenters. The first-order chi connectivity index (χ1) is 4.33. The molecule has 0 N–H and O–H groups in total. The van der Waals surface area contributed by atoms with Crippen molar-refractivity contribution < 1.29 is 0 Å².